The van der Waals surface area contributed by atoms with E-state index in [0.29, 0.717) is 37.9 Å². The number of hydrogen-bond donors (Lipinski definition) is 6. The first-order valence-electron chi connectivity index (χ1n) is 21.0. The lowest BCUT2D eigenvalue weighted by Gasteiger charge is -2.23. The highest BCUT2D eigenvalue weighted by Crippen LogP contribution is 2.09. The molecule has 63 heavy (non-hydrogen) atoms. The van der Waals surface area contributed by atoms with Gasteiger partial charge in [0.15, 0.2) is 0 Å². The van der Waals surface area contributed by atoms with Crippen LogP contribution in [0.15, 0.2) is 24.3 Å². The van der Waals surface area contributed by atoms with Gasteiger partial charge in [-0.3, -0.25) is 24.0 Å². The minimum absolute atomic E-state index is 0.117. The average Bonchev–Trinajstić information content (AvgIpc) is 3.21. The second kappa shape index (κ2) is 33.6. The third kappa shape index (κ3) is 34.3. The normalized spacial score (nSPS) is 11.8. The first-order valence-corrected chi connectivity index (χ1v) is 21.0. The van der Waals surface area contributed by atoms with Crippen LogP contribution in [0.4, 0.5) is 9.59 Å². The van der Waals surface area contributed by atoms with E-state index < -0.39 is 35.3 Å². The SMILES string of the molecule is CC(C)(C)OC(=O)NCCCC[C@H](NC(=O)OC(C)(C)C)C(=O)NCCOCCOCC(=O)NCCOCCOCC(=O)NCCOCCOCC(=O)NCc1ccc(C=O)cc1. The predicted octanol–water partition coefficient (Wildman–Crippen LogP) is 1.15. The zero-order valence-corrected chi connectivity index (χ0v) is 37.7. The summed E-state index contributed by atoms with van der Waals surface area (Å²) < 4.78 is 42.6. The van der Waals surface area contributed by atoms with Crippen LogP contribution in [0, 0.1) is 0 Å². The summed E-state index contributed by atoms with van der Waals surface area (Å²) >= 11 is 0. The smallest absolute Gasteiger partial charge is 0.408 e. The Morgan fingerprint density at radius 3 is 1.44 bits per heavy atom. The molecule has 0 unspecified atom stereocenters. The molecule has 0 aromatic heterocycles. The van der Waals surface area contributed by atoms with Gasteiger partial charge in [0, 0.05) is 38.3 Å². The number of ether oxygens (including phenoxy) is 8. The fourth-order valence-corrected chi connectivity index (χ4v) is 4.81. The Kier molecular flexibility index (Phi) is 29.9. The van der Waals surface area contributed by atoms with Gasteiger partial charge in [-0.2, -0.15) is 0 Å². The number of carbonyl (C=O) groups is 7. The maximum absolute atomic E-state index is 12.9. The average molecular weight is 899 g/mol. The topological polar surface area (TPSA) is 266 Å². The molecule has 1 aromatic rings. The molecular formula is C42H70N6O15. The Morgan fingerprint density at radius 1 is 0.524 bits per heavy atom. The van der Waals surface area contributed by atoms with Crippen LogP contribution in [0.3, 0.4) is 0 Å². The van der Waals surface area contributed by atoms with Crippen molar-refractivity contribution in [3.05, 3.63) is 35.4 Å². The lowest BCUT2D eigenvalue weighted by atomic mass is 10.1. The molecule has 0 saturated heterocycles. The van der Waals surface area contributed by atoms with Crippen LogP contribution in [0.25, 0.3) is 0 Å². The van der Waals surface area contributed by atoms with Gasteiger partial charge in [-0.15, -0.1) is 0 Å². The third-order valence-corrected chi connectivity index (χ3v) is 7.70. The second-order valence-electron chi connectivity index (χ2n) is 15.7. The van der Waals surface area contributed by atoms with Gasteiger partial charge in [0.25, 0.3) is 0 Å². The molecule has 1 rings (SSSR count). The van der Waals surface area contributed by atoms with Crippen molar-refractivity contribution in [2.24, 2.45) is 0 Å². The second-order valence-corrected chi connectivity index (χ2v) is 15.7. The molecule has 21 heteroatoms. The highest BCUT2D eigenvalue weighted by atomic mass is 16.6. The Labute approximate surface area is 370 Å². The Morgan fingerprint density at radius 2 is 0.968 bits per heavy atom. The minimum Gasteiger partial charge on any atom is -0.444 e. The van der Waals surface area contributed by atoms with Gasteiger partial charge in [-0.25, -0.2) is 9.59 Å². The van der Waals surface area contributed by atoms with Crippen molar-refractivity contribution in [3.63, 3.8) is 0 Å². The number of hydrogen-bond acceptors (Lipinski definition) is 15. The fourth-order valence-electron chi connectivity index (χ4n) is 4.81. The highest BCUT2D eigenvalue weighted by Gasteiger charge is 2.24. The fraction of sp³-hybridized carbons (Fsp3) is 0.690. The van der Waals surface area contributed by atoms with Gasteiger partial charge in [0.05, 0.1) is 59.5 Å². The Bertz CT molecular complexity index is 1490. The van der Waals surface area contributed by atoms with E-state index in [2.05, 4.69) is 31.9 Å². The maximum Gasteiger partial charge on any atom is 0.408 e. The number of nitrogens with one attached hydrogen (secondary N) is 6. The van der Waals surface area contributed by atoms with Crippen LogP contribution < -0.4 is 31.9 Å². The molecule has 0 aliphatic rings. The van der Waals surface area contributed by atoms with Crippen LogP contribution >= 0.6 is 0 Å². The van der Waals surface area contributed by atoms with Crippen molar-refractivity contribution in [3.8, 4) is 0 Å². The summed E-state index contributed by atoms with van der Waals surface area (Å²) in [6, 6.07) is 6.02. The first-order chi connectivity index (χ1) is 30.0. The van der Waals surface area contributed by atoms with Crippen molar-refractivity contribution < 1.29 is 71.5 Å². The van der Waals surface area contributed by atoms with Gasteiger partial charge in [0.1, 0.15) is 43.4 Å². The number of benzene rings is 1. The molecule has 0 spiro atoms. The van der Waals surface area contributed by atoms with E-state index in [9.17, 15) is 33.6 Å². The number of amides is 6. The molecule has 6 amide bonds. The number of aldehydes is 1. The van der Waals surface area contributed by atoms with Gasteiger partial charge in [-0.1, -0.05) is 24.3 Å². The molecule has 0 heterocycles. The van der Waals surface area contributed by atoms with Crippen LogP contribution in [-0.2, 0) is 63.6 Å². The molecule has 0 aliphatic carbocycles. The summed E-state index contributed by atoms with van der Waals surface area (Å²) in [6.45, 7) is 13.3. The molecule has 358 valence electrons. The van der Waals surface area contributed by atoms with Crippen LogP contribution in [-0.4, -0.2) is 165 Å². The molecule has 21 nitrogen and oxygen atoms in total. The largest absolute Gasteiger partial charge is 0.444 e. The van der Waals surface area contributed by atoms with Crippen molar-refractivity contribution >= 4 is 42.1 Å². The summed E-state index contributed by atoms with van der Waals surface area (Å²) in [6.07, 6.45) is 0.912. The minimum atomic E-state index is -0.860. The van der Waals surface area contributed by atoms with Crippen LogP contribution in [0.2, 0.25) is 0 Å². The summed E-state index contributed by atoms with van der Waals surface area (Å²) in [7, 11) is 0. The molecule has 0 saturated carbocycles. The number of carbonyl (C=O) groups excluding carboxylic acids is 7. The van der Waals surface area contributed by atoms with E-state index in [-0.39, 0.29) is 117 Å². The molecule has 0 bridgehead atoms. The van der Waals surface area contributed by atoms with Gasteiger partial charge < -0.3 is 69.8 Å². The standard InChI is InChI=1S/C42H70N6O15/c1-41(2,3)62-39(54)46-14-8-7-9-34(48-40(55)63-42(4,5)6)38(53)45-17-20-58-23-25-60-30-36(51)43-15-18-56-21-24-59-29-35(50)44-16-19-57-22-26-61-31-37(52)47-27-32-10-12-33(28-49)13-11-32/h10-13,28,34H,7-9,14-27,29-31H2,1-6H3,(H,43,51)(H,44,50)(H,45,53)(H,46,54)(H,47,52)(H,48,55)/t34-/m0/s1. The zero-order valence-electron chi connectivity index (χ0n) is 37.7. The molecular weight excluding hydrogens is 828 g/mol. The molecule has 0 fully saturated rings. The molecule has 0 aliphatic heterocycles. The van der Waals surface area contributed by atoms with E-state index in [4.69, 9.17) is 37.9 Å². The van der Waals surface area contributed by atoms with Crippen molar-refractivity contribution in [1.82, 2.24) is 31.9 Å². The summed E-state index contributed by atoms with van der Waals surface area (Å²) in [5, 5.41) is 16.0. The number of unbranched alkanes of at least 4 members (excludes halogenated alkanes) is 1. The van der Waals surface area contributed by atoms with E-state index in [1.165, 1.54) is 0 Å². The van der Waals surface area contributed by atoms with Crippen LogP contribution in [0.5, 0.6) is 0 Å². The monoisotopic (exact) mass is 898 g/mol. The number of alkyl carbamates (subject to hydrolysis) is 2. The molecule has 6 N–H and O–H groups in total. The number of rotatable bonds is 34. The van der Waals surface area contributed by atoms with Gasteiger partial charge >= 0.3 is 12.2 Å². The predicted molar refractivity (Wildman–Crippen MR) is 229 cm³/mol. The summed E-state index contributed by atoms with van der Waals surface area (Å²) in [5.41, 5.74) is 0.0773. The lowest BCUT2D eigenvalue weighted by Crippen LogP contribution is -2.48. The van der Waals surface area contributed by atoms with Crippen molar-refractivity contribution in [2.45, 2.75) is 84.6 Å². The Balaban J connectivity index is 2.00. The third-order valence-electron chi connectivity index (χ3n) is 7.70. The Hall–Kier alpha value is -4.93. The molecule has 1 aromatic carbocycles. The van der Waals surface area contributed by atoms with E-state index in [0.717, 1.165) is 11.8 Å². The van der Waals surface area contributed by atoms with Gasteiger partial charge in [-0.05, 0) is 66.4 Å². The van der Waals surface area contributed by atoms with Crippen molar-refractivity contribution in [2.75, 3.05) is 105 Å². The zero-order chi connectivity index (χ0) is 46.8. The van der Waals surface area contributed by atoms with E-state index in [1.54, 1.807) is 65.8 Å². The first kappa shape index (κ1) is 56.1. The summed E-state index contributed by atoms with van der Waals surface area (Å²) in [4.78, 5) is 83.5. The maximum atomic E-state index is 12.9. The summed E-state index contributed by atoms with van der Waals surface area (Å²) in [5.74, 6) is -1.33. The van der Waals surface area contributed by atoms with Gasteiger partial charge in [0.2, 0.25) is 23.6 Å². The molecule has 0 radical (unpaired) electrons. The van der Waals surface area contributed by atoms with E-state index >= 15 is 0 Å². The quantitative estimate of drug-likeness (QED) is 0.0419. The highest BCUT2D eigenvalue weighted by molar-refractivity contribution is 5.85. The van der Waals surface area contributed by atoms with Crippen LogP contribution in [0.1, 0.15) is 76.7 Å². The van der Waals surface area contributed by atoms with Crippen molar-refractivity contribution in [1.29, 1.82) is 0 Å². The van der Waals surface area contributed by atoms with E-state index in [1.807, 2.05) is 0 Å². The molecule has 1 atom stereocenters. The lowest BCUT2D eigenvalue weighted by molar-refractivity contribution is -0.128.